The van der Waals surface area contributed by atoms with E-state index in [-0.39, 0.29) is 29.7 Å². The minimum Gasteiger partial charge on any atom is -0.369 e. The zero-order chi connectivity index (χ0) is 21.1. The highest BCUT2D eigenvalue weighted by Gasteiger charge is 2.47. The van der Waals surface area contributed by atoms with Gasteiger partial charge >= 0.3 is 11.6 Å². The number of aromatic amines is 3. The Morgan fingerprint density at radius 2 is 2.10 bits per heavy atom. The smallest absolute Gasteiger partial charge is 0.307 e. The van der Waals surface area contributed by atoms with Gasteiger partial charge in [-0.05, 0) is 49.4 Å². The molecule has 9 nitrogen and oxygen atoms in total. The lowest BCUT2D eigenvalue weighted by molar-refractivity contribution is -0.347. The number of anilines is 3. The Labute approximate surface area is 177 Å². The molecular weight excluding hydrogens is 392 g/mol. The number of carbonyl (C=O) groups excluding carboxylic acids is 1. The SMILES string of the molecule is Cc1cc2cc(Nc3nc(NC4C5C=CC(C5)C4C(N)=O)c4[nH]c[nH+]c4n3)ccc2[nH]1. The zero-order valence-electron chi connectivity index (χ0n) is 16.9. The van der Waals surface area contributed by atoms with Crippen molar-refractivity contribution >= 4 is 45.4 Å². The van der Waals surface area contributed by atoms with Crippen molar-refractivity contribution in [2.75, 3.05) is 10.6 Å². The van der Waals surface area contributed by atoms with Crippen molar-refractivity contribution in [1.29, 1.82) is 0 Å². The average molecular weight is 415 g/mol. The van der Waals surface area contributed by atoms with Crippen molar-refractivity contribution < 1.29 is 9.78 Å². The van der Waals surface area contributed by atoms with E-state index in [2.05, 4.69) is 54.9 Å². The lowest BCUT2D eigenvalue weighted by Gasteiger charge is -2.26. The van der Waals surface area contributed by atoms with Crippen molar-refractivity contribution in [2.24, 2.45) is 23.5 Å². The molecule has 2 bridgehead atoms. The first kappa shape index (κ1) is 17.9. The summed E-state index contributed by atoms with van der Waals surface area (Å²) < 4.78 is 0. The number of aryl methyl sites for hydroxylation is 1. The van der Waals surface area contributed by atoms with E-state index in [1.54, 1.807) is 6.33 Å². The number of aromatic nitrogens is 5. The number of H-pyrrole nitrogens is 3. The van der Waals surface area contributed by atoms with Gasteiger partial charge in [0.15, 0.2) is 12.1 Å². The summed E-state index contributed by atoms with van der Waals surface area (Å²) in [6, 6.07) is 8.10. The van der Waals surface area contributed by atoms with E-state index in [1.165, 1.54) is 0 Å². The molecule has 7 N–H and O–H groups in total. The van der Waals surface area contributed by atoms with E-state index >= 15 is 0 Å². The summed E-state index contributed by atoms with van der Waals surface area (Å²) in [6.45, 7) is 2.04. The maximum Gasteiger partial charge on any atom is 0.307 e. The third-order valence-corrected chi connectivity index (χ3v) is 6.44. The first-order chi connectivity index (χ1) is 15.0. The Bertz CT molecular complexity index is 1350. The molecule has 4 aromatic rings. The molecule has 1 fully saturated rings. The van der Waals surface area contributed by atoms with Crippen LogP contribution < -0.4 is 21.4 Å². The van der Waals surface area contributed by atoms with Gasteiger partial charge < -0.3 is 21.4 Å². The fraction of sp³-hybridized carbons (Fsp3) is 0.273. The predicted molar refractivity (Wildman–Crippen MR) is 118 cm³/mol. The standard InChI is InChI=1S/C22H22N8O/c1-10-6-13-8-14(4-5-15(13)26-10)27-22-29-20-18(24-9-25-20)21(30-22)28-17-12-3-2-11(7-12)16(17)19(23)31/h2-6,8-9,11-12,16-17,26H,7H2,1H3,(H2,23,31)(H3,24,25,27,28,29,30)/p+1. The summed E-state index contributed by atoms with van der Waals surface area (Å²) in [5.41, 5.74) is 10.3. The monoisotopic (exact) mass is 415 g/mol. The van der Waals surface area contributed by atoms with Gasteiger partial charge in [0, 0.05) is 28.3 Å². The molecule has 3 heterocycles. The fourth-order valence-corrected chi connectivity index (χ4v) is 5.09. The first-order valence-electron chi connectivity index (χ1n) is 10.4. The molecule has 4 unspecified atom stereocenters. The number of hydrogen-bond acceptors (Lipinski definition) is 5. The maximum atomic E-state index is 12.1. The van der Waals surface area contributed by atoms with Gasteiger partial charge in [0.2, 0.25) is 11.4 Å². The number of nitrogens with one attached hydrogen (secondary N) is 5. The number of nitrogens with zero attached hydrogens (tertiary/aromatic N) is 2. The molecule has 9 heteroatoms. The van der Waals surface area contributed by atoms with Gasteiger partial charge in [-0.15, -0.1) is 0 Å². The van der Waals surface area contributed by atoms with E-state index in [1.807, 2.05) is 19.1 Å². The summed E-state index contributed by atoms with van der Waals surface area (Å²) in [6.07, 6.45) is 6.95. The number of rotatable bonds is 5. The van der Waals surface area contributed by atoms with Crippen molar-refractivity contribution in [3.8, 4) is 0 Å². The molecule has 0 spiro atoms. The van der Waals surface area contributed by atoms with Gasteiger partial charge in [0.1, 0.15) is 0 Å². The highest BCUT2D eigenvalue weighted by Crippen LogP contribution is 2.45. The normalized spacial score (nSPS) is 24.3. The molecule has 1 amide bonds. The van der Waals surface area contributed by atoms with Gasteiger partial charge in [0.05, 0.1) is 5.92 Å². The van der Waals surface area contributed by atoms with Crippen LogP contribution in [0.25, 0.3) is 22.1 Å². The Morgan fingerprint density at radius 1 is 1.23 bits per heavy atom. The molecule has 1 saturated carbocycles. The number of primary amides is 1. The highest BCUT2D eigenvalue weighted by atomic mass is 16.1. The van der Waals surface area contributed by atoms with E-state index < -0.39 is 0 Å². The number of fused-ring (bicyclic) bond motifs is 4. The highest BCUT2D eigenvalue weighted by molar-refractivity contribution is 5.86. The van der Waals surface area contributed by atoms with E-state index in [4.69, 9.17) is 10.7 Å². The van der Waals surface area contributed by atoms with E-state index in [0.29, 0.717) is 17.4 Å². The van der Waals surface area contributed by atoms with Gasteiger partial charge in [-0.25, -0.2) is 4.98 Å². The van der Waals surface area contributed by atoms with Crippen LogP contribution in [0.1, 0.15) is 12.1 Å². The number of amides is 1. The molecule has 3 aromatic heterocycles. The Balaban J connectivity index is 1.35. The van der Waals surface area contributed by atoms with Crippen LogP contribution in [0.3, 0.4) is 0 Å². The first-order valence-corrected chi connectivity index (χ1v) is 10.4. The van der Waals surface area contributed by atoms with Crippen LogP contribution in [0.4, 0.5) is 17.5 Å². The lowest BCUT2D eigenvalue weighted by Crippen LogP contribution is -2.41. The Kier molecular flexibility index (Phi) is 3.80. The van der Waals surface area contributed by atoms with Crippen LogP contribution in [0.5, 0.6) is 0 Å². The number of allylic oxidation sites excluding steroid dienone is 1. The molecule has 31 heavy (non-hydrogen) atoms. The molecule has 1 aromatic carbocycles. The Morgan fingerprint density at radius 3 is 2.97 bits per heavy atom. The van der Waals surface area contributed by atoms with Crippen LogP contribution >= 0.6 is 0 Å². The van der Waals surface area contributed by atoms with Crippen molar-refractivity contribution in [2.45, 2.75) is 19.4 Å². The zero-order valence-corrected chi connectivity index (χ0v) is 16.9. The second-order valence-corrected chi connectivity index (χ2v) is 8.48. The number of imidazole rings is 1. The predicted octanol–water partition coefficient (Wildman–Crippen LogP) is 2.39. The third kappa shape index (κ3) is 2.92. The second-order valence-electron chi connectivity index (χ2n) is 8.48. The van der Waals surface area contributed by atoms with Crippen LogP contribution in [0.15, 0.2) is 42.7 Å². The molecule has 6 rings (SSSR count). The third-order valence-electron chi connectivity index (χ3n) is 6.44. The fourth-order valence-electron chi connectivity index (χ4n) is 5.09. The van der Waals surface area contributed by atoms with E-state index in [9.17, 15) is 4.79 Å². The molecule has 0 radical (unpaired) electrons. The van der Waals surface area contributed by atoms with Crippen LogP contribution in [0, 0.1) is 24.7 Å². The molecule has 2 aliphatic carbocycles. The number of benzene rings is 1. The molecule has 156 valence electrons. The minimum absolute atomic E-state index is 0.0825. The maximum absolute atomic E-state index is 12.1. The average Bonchev–Trinajstić information content (AvgIpc) is 3.50. The van der Waals surface area contributed by atoms with Crippen molar-refractivity contribution in [3.05, 3.63) is 48.4 Å². The van der Waals surface area contributed by atoms with Crippen LogP contribution in [-0.4, -0.2) is 31.9 Å². The molecule has 4 atom stereocenters. The minimum atomic E-state index is -0.272. The van der Waals surface area contributed by atoms with Gasteiger partial charge in [-0.1, -0.05) is 17.1 Å². The largest absolute Gasteiger partial charge is 0.369 e. The quantitative estimate of drug-likeness (QED) is 0.319. The molecule has 0 aliphatic heterocycles. The molecule has 2 aliphatic rings. The van der Waals surface area contributed by atoms with E-state index in [0.717, 1.165) is 34.2 Å². The topological polar surface area (TPSA) is 139 Å². The summed E-state index contributed by atoms with van der Waals surface area (Å²) in [5, 5.41) is 7.92. The summed E-state index contributed by atoms with van der Waals surface area (Å²) in [7, 11) is 0. The van der Waals surface area contributed by atoms with Gasteiger partial charge in [-0.2, -0.15) is 4.98 Å². The van der Waals surface area contributed by atoms with Gasteiger partial charge in [0.25, 0.3) is 0 Å². The van der Waals surface area contributed by atoms with Crippen molar-refractivity contribution in [3.63, 3.8) is 0 Å². The summed E-state index contributed by atoms with van der Waals surface area (Å²) >= 11 is 0. The Hall–Kier alpha value is -3.88. The number of hydrogen-bond donors (Lipinski definition) is 5. The van der Waals surface area contributed by atoms with Gasteiger partial charge in [-0.3, -0.25) is 9.78 Å². The van der Waals surface area contributed by atoms with Crippen LogP contribution in [-0.2, 0) is 4.79 Å². The van der Waals surface area contributed by atoms with Crippen LogP contribution in [0.2, 0.25) is 0 Å². The van der Waals surface area contributed by atoms with Crippen molar-refractivity contribution in [1.82, 2.24) is 19.9 Å². The second kappa shape index (κ2) is 6.56. The summed E-state index contributed by atoms with van der Waals surface area (Å²) in [4.78, 5) is 31.0. The lowest BCUT2D eigenvalue weighted by atomic mass is 9.88. The molecular formula is C22H23N8O+. The number of nitrogens with two attached hydrogens (primary N) is 1. The number of carbonyl (C=O) groups is 1. The summed E-state index contributed by atoms with van der Waals surface area (Å²) in [5.74, 6) is 1.06. The molecule has 0 saturated heterocycles.